The van der Waals surface area contributed by atoms with E-state index < -0.39 is 0 Å². The minimum atomic E-state index is 0.859. The van der Waals surface area contributed by atoms with Crippen LogP contribution in [0.15, 0.2) is 264 Å². The van der Waals surface area contributed by atoms with Gasteiger partial charge >= 0.3 is 0 Å². The van der Waals surface area contributed by atoms with E-state index in [1.165, 1.54) is 54.9 Å². The number of hydrogen-bond donors (Lipinski definition) is 0. The van der Waals surface area contributed by atoms with Crippen molar-refractivity contribution in [2.75, 3.05) is 9.80 Å². The molecule has 4 nitrogen and oxygen atoms in total. The van der Waals surface area contributed by atoms with Crippen LogP contribution in [-0.4, -0.2) is 0 Å². The van der Waals surface area contributed by atoms with Crippen molar-refractivity contribution < 1.29 is 8.83 Å². The minimum absolute atomic E-state index is 0.859. The van der Waals surface area contributed by atoms with Gasteiger partial charge in [0.15, 0.2) is 11.2 Å². The predicted octanol–water partition coefficient (Wildman–Crippen LogP) is 19.7. The molecule has 0 atom stereocenters. The summed E-state index contributed by atoms with van der Waals surface area (Å²) in [5, 5.41) is 9.16. The molecule has 12 aromatic carbocycles. The highest BCUT2D eigenvalue weighted by Crippen LogP contribution is 2.52. The quantitative estimate of drug-likeness (QED) is 0.152. The summed E-state index contributed by atoms with van der Waals surface area (Å²) < 4.78 is 13.4. The van der Waals surface area contributed by atoms with E-state index in [4.69, 9.17) is 8.83 Å². The molecule has 14 aromatic rings. The van der Waals surface area contributed by atoms with E-state index >= 15 is 0 Å². The van der Waals surface area contributed by atoms with E-state index in [0.717, 1.165) is 89.1 Å². The SMILES string of the molecule is c1ccc(-c2cccc(N(c3ccc4cc5c(cc4c3)-c3cc4cc(N(c6cccc(-c7ccccc7)c6)c6cccc7c6oc6ccccc67)ccc4cc3-5)c3cccc4c3oc3ccccc34)c2)cc1. The molecule has 0 bridgehead atoms. The highest BCUT2D eigenvalue weighted by molar-refractivity contribution is 6.15. The Hall–Kier alpha value is -9.64. The molecular weight excluding hydrogens is 877 g/mol. The number of fused-ring (bicyclic) bond motifs is 12. The minimum Gasteiger partial charge on any atom is -0.454 e. The fourth-order valence-electron chi connectivity index (χ4n) is 11.3. The zero-order valence-corrected chi connectivity index (χ0v) is 39.0. The molecule has 2 heterocycles. The number of furan rings is 2. The molecule has 4 heteroatoms. The van der Waals surface area contributed by atoms with Gasteiger partial charge in [0.1, 0.15) is 11.2 Å². The number of hydrogen-bond acceptors (Lipinski definition) is 4. The Kier molecular flexibility index (Phi) is 8.92. The van der Waals surface area contributed by atoms with Crippen molar-refractivity contribution >= 4 is 99.5 Å². The van der Waals surface area contributed by atoms with Gasteiger partial charge in [-0.1, -0.05) is 158 Å². The van der Waals surface area contributed by atoms with E-state index in [9.17, 15) is 0 Å². The average Bonchev–Trinajstić information content (AvgIpc) is 4.03. The second-order valence-electron chi connectivity index (χ2n) is 18.9. The van der Waals surface area contributed by atoms with Gasteiger partial charge < -0.3 is 18.6 Å². The second kappa shape index (κ2) is 16.0. The van der Waals surface area contributed by atoms with Crippen LogP contribution in [0.3, 0.4) is 0 Å². The van der Waals surface area contributed by atoms with Gasteiger partial charge in [-0.15, -0.1) is 0 Å². The summed E-state index contributed by atoms with van der Waals surface area (Å²) in [7, 11) is 0. The summed E-state index contributed by atoms with van der Waals surface area (Å²) in [5.74, 6) is 0. The first-order valence-corrected chi connectivity index (χ1v) is 24.6. The lowest BCUT2D eigenvalue weighted by Gasteiger charge is -2.29. The molecule has 0 unspecified atom stereocenters. The van der Waals surface area contributed by atoms with E-state index in [-0.39, 0.29) is 0 Å². The van der Waals surface area contributed by atoms with E-state index in [0.29, 0.717) is 0 Å². The van der Waals surface area contributed by atoms with Crippen LogP contribution in [0.2, 0.25) is 0 Å². The Morgan fingerprint density at radius 2 is 0.597 bits per heavy atom. The van der Waals surface area contributed by atoms with Crippen molar-refractivity contribution in [3.8, 4) is 44.5 Å². The molecule has 0 saturated heterocycles. The van der Waals surface area contributed by atoms with Gasteiger partial charge in [0.05, 0.1) is 11.4 Å². The monoisotopic (exact) mass is 918 g/mol. The Morgan fingerprint density at radius 3 is 1.06 bits per heavy atom. The van der Waals surface area contributed by atoms with Crippen molar-refractivity contribution in [2.45, 2.75) is 0 Å². The first-order valence-electron chi connectivity index (χ1n) is 24.6. The largest absolute Gasteiger partial charge is 0.454 e. The van der Waals surface area contributed by atoms with Crippen LogP contribution >= 0.6 is 0 Å². The standard InChI is InChI=1S/C68H42N2O2/c1-3-15-43(16-4-1)45-19-11-21-51(35-45)69(63-27-13-25-57-55-23-7-9-29-65(55)71-67(57)63)53-33-31-47-39-59-60-40-48-32-34-54(38-50(48)42-62(60)61(59)41-49(47)37-53)70(52-22-12-20-46(36-52)44-17-5-2-6-18-44)64-28-14-26-58-56-24-8-10-30-66(56)72-68(58)64/h1-42H. The van der Waals surface area contributed by atoms with Crippen LogP contribution in [-0.2, 0) is 0 Å². The van der Waals surface area contributed by atoms with E-state index in [1.54, 1.807) is 0 Å². The fraction of sp³-hybridized carbons (Fsp3) is 0. The molecule has 336 valence electrons. The summed E-state index contributed by atoms with van der Waals surface area (Å²) in [6, 6.07) is 91.6. The van der Waals surface area contributed by atoms with Gasteiger partial charge in [-0.2, -0.15) is 0 Å². The molecule has 1 aliphatic carbocycles. The highest BCUT2D eigenvalue weighted by atomic mass is 16.3. The van der Waals surface area contributed by atoms with E-state index in [1.807, 2.05) is 12.1 Å². The maximum Gasteiger partial charge on any atom is 0.159 e. The third kappa shape index (κ3) is 6.40. The van der Waals surface area contributed by atoms with Crippen LogP contribution in [0.25, 0.3) is 110 Å². The number of nitrogens with zero attached hydrogens (tertiary/aromatic N) is 2. The van der Waals surface area contributed by atoms with Crippen LogP contribution in [0, 0.1) is 0 Å². The van der Waals surface area contributed by atoms with Crippen molar-refractivity contribution in [1.82, 2.24) is 0 Å². The van der Waals surface area contributed by atoms with Crippen LogP contribution < -0.4 is 9.80 Å². The summed E-state index contributed by atoms with van der Waals surface area (Å²) in [6.45, 7) is 0. The van der Waals surface area contributed by atoms with Gasteiger partial charge in [0.2, 0.25) is 0 Å². The lowest BCUT2D eigenvalue weighted by molar-refractivity contribution is 0.668. The Morgan fingerprint density at radius 1 is 0.236 bits per heavy atom. The molecular formula is C68H42N2O2. The molecule has 0 amide bonds. The molecule has 2 aromatic heterocycles. The maximum atomic E-state index is 6.71. The smallest absolute Gasteiger partial charge is 0.159 e. The topological polar surface area (TPSA) is 32.8 Å². The molecule has 0 N–H and O–H groups in total. The average molecular weight is 919 g/mol. The number of anilines is 6. The predicted molar refractivity (Wildman–Crippen MR) is 301 cm³/mol. The summed E-state index contributed by atoms with van der Waals surface area (Å²) in [6.07, 6.45) is 0. The van der Waals surface area contributed by atoms with Crippen LogP contribution in [0.5, 0.6) is 0 Å². The fourth-order valence-corrected chi connectivity index (χ4v) is 11.3. The van der Waals surface area contributed by atoms with Crippen molar-refractivity contribution in [3.05, 3.63) is 255 Å². The van der Waals surface area contributed by atoms with Gasteiger partial charge in [-0.25, -0.2) is 0 Å². The lowest BCUT2D eigenvalue weighted by atomic mass is 9.78. The first-order chi connectivity index (χ1) is 35.7. The second-order valence-corrected chi connectivity index (χ2v) is 18.9. The molecule has 0 fully saturated rings. The molecule has 0 saturated carbocycles. The third-order valence-corrected chi connectivity index (χ3v) is 14.7. The molecule has 15 rings (SSSR count). The van der Waals surface area contributed by atoms with Gasteiger partial charge in [0, 0.05) is 44.3 Å². The highest BCUT2D eigenvalue weighted by Gasteiger charge is 2.27. The van der Waals surface area contributed by atoms with Crippen molar-refractivity contribution in [3.63, 3.8) is 0 Å². The Balaban J connectivity index is 0.860. The van der Waals surface area contributed by atoms with Gasteiger partial charge in [-0.3, -0.25) is 0 Å². The molecule has 0 aliphatic heterocycles. The van der Waals surface area contributed by atoms with Crippen molar-refractivity contribution in [1.29, 1.82) is 0 Å². The van der Waals surface area contributed by atoms with Gasteiger partial charge in [0.25, 0.3) is 0 Å². The number of rotatable bonds is 8. The molecule has 0 radical (unpaired) electrons. The van der Waals surface area contributed by atoms with Crippen molar-refractivity contribution in [2.24, 2.45) is 0 Å². The molecule has 0 spiro atoms. The van der Waals surface area contributed by atoms with Crippen LogP contribution in [0.1, 0.15) is 0 Å². The zero-order chi connectivity index (χ0) is 47.3. The number of benzene rings is 12. The number of para-hydroxylation sites is 4. The third-order valence-electron chi connectivity index (χ3n) is 14.7. The summed E-state index contributed by atoms with van der Waals surface area (Å²) in [5.41, 5.74) is 19.4. The first kappa shape index (κ1) is 40.3. The normalized spacial score (nSPS) is 11.9. The molecule has 72 heavy (non-hydrogen) atoms. The van der Waals surface area contributed by atoms with Crippen LogP contribution in [0.4, 0.5) is 34.1 Å². The van der Waals surface area contributed by atoms with Gasteiger partial charge in [-0.05, 0) is 163 Å². The molecule has 1 aliphatic rings. The zero-order valence-electron chi connectivity index (χ0n) is 39.0. The maximum absolute atomic E-state index is 6.71. The lowest BCUT2D eigenvalue weighted by Crippen LogP contribution is -2.10. The Labute approximate surface area is 415 Å². The summed E-state index contributed by atoms with van der Waals surface area (Å²) >= 11 is 0. The Bertz CT molecular complexity index is 4180. The summed E-state index contributed by atoms with van der Waals surface area (Å²) in [4.78, 5) is 4.71. The van der Waals surface area contributed by atoms with E-state index in [2.05, 4.69) is 252 Å².